The second-order valence-electron chi connectivity index (χ2n) is 6.99. The molecule has 0 amide bonds. The number of anilines is 2. The van der Waals surface area contributed by atoms with Gasteiger partial charge in [-0.25, -0.2) is 4.98 Å². The normalized spacial score (nSPS) is 13.9. The highest BCUT2D eigenvalue weighted by Gasteiger charge is 2.25. The van der Waals surface area contributed by atoms with Crippen LogP contribution in [0, 0.1) is 6.92 Å². The molecule has 4 heteroatoms. The molecule has 1 fully saturated rings. The van der Waals surface area contributed by atoms with Crippen molar-refractivity contribution in [3.05, 3.63) is 71.9 Å². The van der Waals surface area contributed by atoms with E-state index in [0.717, 1.165) is 33.7 Å². The number of nitrogens with one attached hydrogen (secondary N) is 2. The second kappa shape index (κ2) is 5.99. The molecule has 2 heterocycles. The molecule has 26 heavy (non-hydrogen) atoms. The molecule has 4 nitrogen and oxygen atoms in total. The van der Waals surface area contributed by atoms with Crippen molar-refractivity contribution in [1.82, 2.24) is 15.2 Å². The monoisotopic (exact) mass is 340 g/mol. The first-order valence-corrected chi connectivity index (χ1v) is 9.06. The molecule has 1 saturated carbocycles. The van der Waals surface area contributed by atoms with E-state index in [4.69, 9.17) is 4.98 Å². The van der Waals surface area contributed by atoms with E-state index in [1.165, 1.54) is 24.1 Å². The molecular formula is C22H20N4. The van der Waals surface area contributed by atoms with Crippen LogP contribution in [0.25, 0.3) is 22.2 Å². The molecule has 1 aliphatic carbocycles. The Balaban J connectivity index is 1.61. The highest BCUT2D eigenvalue weighted by Crippen LogP contribution is 2.40. The summed E-state index contributed by atoms with van der Waals surface area (Å²) >= 11 is 0. The zero-order valence-electron chi connectivity index (χ0n) is 14.7. The molecule has 1 aliphatic rings. The Labute approximate surface area is 152 Å². The minimum atomic E-state index is 0.662. The van der Waals surface area contributed by atoms with E-state index in [-0.39, 0.29) is 0 Å². The van der Waals surface area contributed by atoms with E-state index in [9.17, 15) is 0 Å². The third-order valence-electron chi connectivity index (χ3n) is 5.01. The van der Waals surface area contributed by atoms with Crippen LogP contribution < -0.4 is 5.32 Å². The number of benzene rings is 2. The molecule has 5 rings (SSSR count). The van der Waals surface area contributed by atoms with Crippen LogP contribution in [0.1, 0.15) is 30.0 Å². The van der Waals surface area contributed by atoms with Gasteiger partial charge in [-0.2, -0.15) is 5.10 Å². The molecular weight excluding hydrogens is 320 g/mol. The lowest BCUT2D eigenvalue weighted by Crippen LogP contribution is -1.96. The molecule has 0 bridgehead atoms. The van der Waals surface area contributed by atoms with Crippen LogP contribution >= 0.6 is 0 Å². The second-order valence-corrected chi connectivity index (χ2v) is 6.99. The summed E-state index contributed by atoms with van der Waals surface area (Å²) in [5.74, 6) is 1.52. The van der Waals surface area contributed by atoms with E-state index in [1.807, 2.05) is 12.1 Å². The summed E-state index contributed by atoms with van der Waals surface area (Å²) in [5, 5.41) is 12.2. The van der Waals surface area contributed by atoms with Crippen molar-refractivity contribution in [2.45, 2.75) is 25.7 Å². The third-order valence-corrected chi connectivity index (χ3v) is 5.01. The molecule has 2 N–H and O–H groups in total. The van der Waals surface area contributed by atoms with E-state index < -0.39 is 0 Å². The van der Waals surface area contributed by atoms with Crippen molar-refractivity contribution in [3.63, 3.8) is 0 Å². The summed E-state index contributed by atoms with van der Waals surface area (Å²) in [6.07, 6.45) is 2.52. The summed E-state index contributed by atoms with van der Waals surface area (Å²) in [6.45, 7) is 2.12. The van der Waals surface area contributed by atoms with Gasteiger partial charge in [-0.3, -0.25) is 5.10 Å². The molecule has 0 atom stereocenters. The number of aromatic amines is 1. The zero-order valence-corrected chi connectivity index (χ0v) is 14.7. The summed E-state index contributed by atoms with van der Waals surface area (Å²) in [4.78, 5) is 4.88. The van der Waals surface area contributed by atoms with Crippen molar-refractivity contribution in [2.24, 2.45) is 0 Å². The lowest BCUT2D eigenvalue weighted by Gasteiger charge is -2.12. The van der Waals surface area contributed by atoms with Gasteiger partial charge < -0.3 is 5.32 Å². The molecule has 2 aromatic heterocycles. The molecule has 2 aromatic carbocycles. The predicted octanol–water partition coefficient (Wildman–Crippen LogP) is 5.55. The summed E-state index contributed by atoms with van der Waals surface area (Å²) in [5.41, 5.74) is 6.59. The Hall–Kier alpha value is -3.14. The Bertz CT molecular complexity index is 1090. The van der Waals surface area contributed by atoms with Crippen molar-refractivity contribution in [3.8, 4) is 11.3 Å². The summed E-state index contributed by atoms with van der Waals surface area (Å²) in [6, 6.07) is 20.8. The van der Waals surface area contributed by atoms with Gasteiger partial charge in [0, 0.05) is 28.6 Å². The van der Waals surface area contributed by atoms with Gasteiger partial charge >= 0.3 is 0 Å². The standard InChI is InChI=1S/C22H20N4/c1-14-6-2-3-7-16(14)20-12-21(17-8-4-5-9-18(17)23-20)24-22-13-19(25-26-22)15-10-11-15/h2-9,12-13,15H,10-11H2,1H3,(H2,23,24,25,26). The van der Waals surface area contributed by atoms with Crippen molar-refractivity contribution in [2.75, 3.05) is 5.32 Å². The number of aryl methyl sites for hydroxylation is 1. The SMILES string of the molecule is Cc1ccccc1-c1cc(Nc2cc(C3CC3)[nH]n2)c2ccccc2n1. The molecule has 0 radical (unpaired) electrons. The molecule has 0 aliphatic heterocycles. The van der Waals surface area contributed by atoms with Gasteiger partial charge in [-0.15, -0.1) is 0 Å². The highest BCUT2D eigenvalue weighted by atomic mass is 15.2. The van der Waals surface area contributed by atoms with Gasteiger partial charge in [0.1, 0.15) is 0 Å². The van der Waals surface area contributed by atoms with Crippen LogP contribution in [0.5, 0.6) is 0 Å². The van der Waals surface area contributed by atoms with Gasteiger partial charge in [0.05, 0.1) is 16.9 Å². The van der Waals surface area contributed by atoms with Crippen molar-refractivity contribution >= 4 is 22.4 Å². The van der Waals surface area contributed by atoms with E-state index in [2.05, 4.69) is 71.0 Å². The van der Waals surface area contributed by atoms with Gasteiger partial charge in [0.25, 0.3) is 0 Å². The number of pyridine rings is 1. The average Bonchev–Trinajstić information content (AvgIpc) is 3.41. The fourth-order valence-corrected chi connectivity index (χ4v) is 3.42. The summed E-state index contributed by atoms with van der Waals surface area (Å²) < 4.78 is 0. The first kappa shape index (κ1) is 15.1. The Morgan fingerprint density at radius 2 is 1.81 bits per heavy atom. The number of rotatable bonds is 4. The third kappa shape index (κ3) is 2.73. The van der Waals surface area contributed by atoms with Crippen LogP contribution in [0.15, 0.2) is 60.7 Å². The fraction of sp³-hybridized carbons (Fsp3) is 0.182. The van der Waals surface area contributed by atoms with Gasteiger partial charge in [0.15, 0.2) is 5.82 Å². The van der Waals surface area contributed by atoms with Crippen LogP contribution in [0.2, 0.25) is 0 Å². The average molecular weight is 340 g/mol. The van der Waals surface area contributed by atoms with Crippen LogP contribution in [-0.4, -0.2) is 15.2 Å². The molecule has 0 spiro atoms. The Morgan fingerprint density at radius 3 is 2.65 bits per heavy atom. The van der Waals surface area contributed by atoms with Crippen LogP contribution in [0.4, 0.5) is 11.5 Å². The number of H-pyrrole nitrogens is 1. The van der Waals surface area contributed by atoms with Crippen molar-refractivity contribution < 1.29 is 0 Å². The molecule has 0 unspecified atom stereocenters. The van der Waals surface area contributed by atoms with E-state index in [1.54, 1.807) is 0 Å². The smallest absolute Gasteiger partial charge is 0.152 e. The minimum absolute atomic E-state index is 0.662. The Kier molecular flexibility index (Phi) is 3.49. The van der Waals surface area contributed by atoms with Crippen LogP contribution in [0.3, 0.4) is 0 Å². The largest absolute Gasteiger partial charge is 0.338 e. The lowest BCUT2D eigenvalue weighted by molar-refractivity contribution is 0.967. The Morgan fingerprint density at radius 1 is 1.00 bits per heavy atom. The maximum Gasteiger partial charge on any atom is 0.152 e. The number of fused-ring (bicyclic) bond motifs is 1. The molecule has 128 valence electrons. The number of aromatic nitrogens is 3. The number of hydrogen-bond acceptors (Lipinski definition) is 3. The lowest BCUT2D eigenvalue weighted by atomic mass is 10.0. The topological polar surface area (TPSA) is 53.6 Å². The molecule has 0 saturated heterocycles. The van der Waals surface area contributed by atoms with Crippen molar-refractivity contribution in [1.29, 1.82) is 0 Å². The van der Waals surface area contributed by atoms with Gasteiger partial charge in [-0.1, -0.05) is 42.5 Å². The molecule has 4 aromatic rings. The minimum Gasteiger partial charge on any atom is -0.338 e. The van der Waals surface area contributed by atoms with Gasteiger partial charge in [0.2, 0.25) is 0 Å². The quantitative estimate of drug-likeness (QED) is 0.512. The predicted molar refractivity (Wildman–Crippen MR) is 106 cm³/mol. The first-order valence-electron chi connectivity index (χ1n) is 9.06. The highest BCUT2D eigenvalue weighted by molar-refractivity contribution is 5.95. The number of hydrogen-bond donors (Lipinski definition) is 2. The zero-order chi connectivity index (χ0) is 17.5. The van der Waals surface area contributed by atoms with Crippen LogP contribution in [-0.2, 0) is 0 Å². The number of para-hydroxylation sites is 1. The fourth-order valence-electron chi connectivity index (χ4n) is 3.42. The van der Waals surface area contributed by atoms with Gasteiger partial charge in [-0.05, 0) is 37.5 Å². The maximum atomic E-state index is 4.88. The number of nitrogens with zero attached hydrogens (tertiary/aromatic N) is 2. The van der Waals surface area contributed by atoms with E-state index >= 15 is 0 Å². The van der Waals surface area contributed by atoms with E-state index in [0.29, 0.717) is 5.92 Å². The first-order chi connectivity index (χ1) is 12.8. The summed E-state index contributed by atoms with van der Waals surface area (Å²) in [7, 11) is 0. The maximum absolute atomic E-state index is 4.88.